The summed E-state index contributed by atoms with van der Waals surface area (Å²) < 4.78 is 1.37. The van der Waals surface area contributed by atoms with Crippen molar-refractivity contribution in [3.05, 3.63) is 35.2 Å². The number of hydrogen-bond acceptors (Lipinski definition) is 2. The molecule has 0 amide bonds. The summed E-state index contributed by atoms with van der Waals surface area (Å²) in [5.74, 6) is 0.757. The van der Waals surface area contributed by atoms with E-state index in [1.165, 1.54) is 15.6 Å². The van der Waals surface area contributed by atoms with Crippen LogP contribution in [0.3, 0.4) is 0 Å². The second-order valence-corrected chi connectivity index (χ2v) is 5.66. The lowest BCUT2D eigenvalue weighted by atomic mass is 10.1. The number of nitrogens with one attached hydrogen (secondary N) is 1. The van der Waals surface area contributed by atoms with Gasteiger partial charge in [-0.05, 0) is 42.2 Å². The van der Waals surface area contributed by atoms with Crippen molar-refractivity contribution in [2.45, 2.75) is 32.4 Å². The Balaban J connectivity index is 1.95. The molecule has 0 saturated heterocycles. The molecule has 0 aliphatic heterocycles. The maximum Gasteiger partial charge on any atom is 0.0346 e. The van der Waals surface area contributed by atoms with Crippen molar-refractivity contribution in [3.63, 3.8) is 0 Å². The van der Waals surface area contributed by atoms with Gasteiger partial charge in [0.2, 0.25) is 0 Å². The van der Waals surface area contributed by atoms with Gasteiger partial charge in [-0.25, -0.2) is 0 Å². The highest BCUT2D eigenvalue weighted by Crippen LogP contribution is 2.25. The van der Waals surface area contributed by atoms with Gasteiger partial charge in [-0.15, -0.1) is 22.9 Å². The van der Waals surface area contributed by atoms with Crippen LogP contribution in [0, 0.1) is 0 Å². The van der Waals surface area contributed by atoms with Gasteiger partial charge in [0, 0.05) is 23.2 Å². The molecule has 0 radical (unpaired) electrons. The molecule has 0 aliphatic rings. The highest BCUT2D eigenvalue weighted by molar-refractivity contribution is 7.17. The average molecular weight is 268 g/mol. The van der Waals surface area contributed by atoms with Crippen LogP contribution in [0.1, 0.15) is 25.3 Å². The molecule has 1 heterocycles. The highest BCUT2D eigenvalue weighted by Gasteiger charge is 2.05. The van der Waals surface area contributed by atoms with Crippen LogP contribution in [0.5, 0.6) is 0 Å². The Morgan fingerprint density at radius 3 is 3.00 bits per heavy atom. The molecule has 0 fully saturated rings. The number of halogens is 1. The van der Waals surface area contributed by atoms with E-state index in [9.17, 15) is 0 Å². The predicted octanol–water partition coefficient (Wildman–Crippen LogP) is 4.40. The third-order valence-electron chi connectivity index (χ3n) is 2.97. The monoisotopic (exact) mass is 267 g/mol. The maximum absolute atomic E-state index is 5.70. The van der Waals surface area contributed by atoms with E-state index >= 15 is 0 Å². The fraction of sp³-hybridized carbons (Fsp3) is 0.429. The van der Waals surface area contributed by atoms with Crippen LogP contribution in [0.2, 0.25) is 0 Å². The molecule has 92 valence electrons. The smallest absolute Gasteiger partial charge is 0.0346 e. The zero-order valence-electron chi connectivity index (χ0n) is 10.1. The number of hydrogen-bond donors (Lipinski definition) is 1. The lowest BCUT2D eigenvalue weighted by Gasteiger charge is -2.12. The van der Waals surface area contributed by atoms with Gasteiger partial charge in [0.15, 0.2) is 0 Å². The zero-order valence-corrected chi connectivity index (χ0v) is 11.7. The molecule has 3 heteroatoms. The summed E-state index contributed by atoms with van der Waals surface area (Å²) in [4.78, 5) is 0. The molecule has 1 aromatic heterocycles. The van der Waals surface area contributed by atoms with Gasteiger partial charge in [-0.2, -0.15) is 0 Å². The van der Waals surface area contributed by atoms with Gasteiger partial charge >= 0.3 is 0 Å². The highest BCUT2D eigenvalue weighted by atomic mass is 35.5. The Morgan fingerprint density at radius 1 is 1.35 bits per heavy atom. The van der Waals surface area contributed by atoms with Crippen molar-refractivity contribution in [1.82, 2.24) is 5.32 Å². The van der Waals surface area contributed by atoms with E-state index in [2.05, 4.69) is 41.9 Å². The van der Waals surface area contributed by atoms with E-state index in [0.29, 0.717) is 6.04 Å². The molecule has 0 spiro atoms. The van der Waals surface area contributed by atoms with Crippen LogP contribution < -0.4 is 5.32 Å². The van der Waals surface area contributed by atoms with Crippen LogP contribution in [0.25, 0.3) is 10.1 Å². The van der Waals surface area contributed by atoms with Gasteiger partial charge in [0.25, 0.3) is 0 Å². The van der Waals surface area contributed by atoms with E-state index in [1.54, 1.807) is 0 Å². The summed E-state index contributed by atoms with van der Waals surface area (Å²) >= 11 is 7.52. The van der Waals surface area contributed by atoms with Crippen LogP contribution in [-0.4, -0.2) is 11.9 Å². The standard InChI is InChI=1S/C14H18ClNS/c1-11(5-4-8-15)16-9-12-10-17-14-7-3-2-6-13(12)14/h2-3,6-7,10-11,16H,4-5,8-9H2,1H3. The normalized spacial score (nSPS) is 13.1. The lowest BCUT2D eigenvalue weighted by Crippen LogP contribution is -2.25. The van der Waals surface area contributed by atoms with Crippen LogP contribution >= 0.6 is 22.9 Å². The second kappa shape index (κ2) is 6.39. The summed E-state index contributed by atoms with van der Waals surface area (Å²) in [7, 11) is 0. The third-order valence-corrected chi connectivity index (χ3v) is 4.25. The number of thiophene rings is 1. The fourth-order valence-electron chi connectivity index (χ4n) is 1.94. The Kier molecular flexibility index (Phi) is 4.84. The minimum atomic E-state index is 0.535. The minimum absolute atomic E-state index is 0.535. The molecule has 0 aliphatic carbocycles. The molecule has 1 aromatic carbocycles. The van der Waals surface area contributed by atoms with Gasteiger partial charge in [-0.1, -0.05) is 18.2 Å². The minimum Gasteiger partial charge on any atom is -0.310 e. The Labute approximate surface area is 112 Å². The summed E-state index contributed by atoms with van der Waals surface area (Å²) in [6, 6.07) is 9.12. The maximum atomic E-state index is 5.70. The van der Waals surface area contributed by atoms with Gasteiger partial charge in [0.05, 0.1) is 0 Å². The van der Waals surface area contributed by atoms with Crippen LogP contribution in [0.15, 0.2) is 29.6 Å². The first-order valence-corrected chi connectivity index (χ1v) is 7.47. The van der Waals surface area contributed by atoms with E-state index < -0.39 is 0 Å². The number of alkyl halides is 1. The van der Waals surface area contributed by atoms with E-state index in [-0.39, 0.29) is 0 Å². The molecule has 0 saturated carbocycles. The van der Waals surface area contributed by atoms with Crippen molar-refractivity contribution in [2.75, 3.05) is 5.88 Å². The number of fused-ring (bicyclic) bond motifs is 1. The van der Waals surface area contributed by atoms with Crippen molar-refractivity contribution in [3.8, 4) is 0 Å². The van der Waals surface area contributed by atoms with Crippen LogP contribution in [0.4, 0.5) is 0 Å². The molecule has 1 atom stereocenters. The summed E-state index contributed by atoms with van der Waals surface area (Å²) in [5.41, 5.74) is 1.41. The fourth-order valence-corrected chi connectivity index (χ4v) is 3.06. The average Bonchev–Trinajstić information content (AvgIpc) is 2.77. The Hall–Kier alpha value is -0.570. The second-order valence-electron chi connectivity index (χ2n) is 4.37. The van der Waals surface area contributed by atoms with E-state index in [4.69, 9.17) is 11.6 Å². The van der Waals surface area contributed by atoms with Gasteiger partial charge < -0.3 is 5.32 Å². The lowest BCUT2D eigenvalue weighted by molar-refractivity contribution is 0.511. The molecular formula is C14H18ClNS. The molecule has 1 N–H and O–H groups in total. The summed E-state index contributed by atoms with van der Waals surface area (Å²) in [5, 5.41) is 7.20. The largest absolute Gasteiger partial charge is 0.310 e. The van der Waals surface area contributed by atoms with E-state index in [0.717, 1.165) is 25.3 Å². The van der Waals surface area contributed by atoms with Gasteiger partial charge in [0.1, 0.15) is 0 Å². The van der Waals surface area contributed by atoms with Crippen LogP contribution in [-0.2, 0) is 6.54 Å². The van der Waals surface area contributed by atoms with Crippen molar-refractivity contribution in [2.24, 2.45) is 0 Å². The summed E-state index contributed by atoms with van der Waals surface area (Å²) in [6.07, 6.45) is 2.23. The van der Waals surface area contributed by atoms with Crippen molar-refractivity contribution >= 4 is 33.0 Å². The molecule has 17 heavy (non-hydrogen) atoms. The quantitative estimate of drug-likeness (QED) is 0.765. The molecule has 2 rings (SSSR count). The summed E-state index contributed by atoms with van der Waals surface area (Å²) in [6.45, 7) is 3.18. The van der Waals surface area contributed by atoms with E-state index in [1.807, 2.05) is 11.3 Å². The molecular weight excluding hydrogens is 250 g/mol. The SMILES string of the molecule is CC(CCCCl)NCc1csc2ccccc12. The first kappa shape index (κ1) is 12.9. The zero-order chi connectivity index (χ0) is 12.1. The number of rotatable bonds is 6. The van der Waals surface area contributed by atoms with Crippen molar-refractivity contribution in [1.29, 1.82) is 0 Å². The first-order chi connectivity index (χ1) is 8.31. The Morgan fingerprint density at radius 2 is 2.18 bits per heavy atom. The molecule has 1 nitrogen and oxygen atoms in total. The first-order valence-electron chi connectivity index (χ1n) is 6.05. The van der Waals surface area contributed by atoms with Gasteiger partial charge in [-0.3, -0.25) is 0 Å². The van der Waals surface area contributed by atoms with Crippen molar-refractivity contribution < 1.29 is 0 Å². The third kappa shape index (κ3) is 3.44. The number of benzene rings is 1. The topological polar surface area (TPSA) is 12.0 Å². The Bertz CT molecular complexity index is 466. The molecule has 2 aromatic rings. The molecule has 1 unspecified atom stereocenters. The predicted molar refractivity (Wildman–Crippen MR) is 78.1 cm³/mol. The molecule has 0 bridgehead atoms.